The fourth-order valence-corrected chi connectivity index (χ4v) is 4.20. The number of piperidine rings is 1. The molecule has 2 aliphatic heterocycles. The molecule has 0 spiro atoms. The molecule has 5 nitrogen and oxygen atoms in total. The van der Waals surface area contributed by atoms with E-state index in [1.54, 1.807) is 11.0 Å². The molecule has 21 heavy (non-hydrogen) atoms. The van der Waals surface area contributed by atoms with Gasteiger partial charge in [-0.25, -0.2) is 4.79 Å². The van der Waals surface area contributed by atoms with Gasteiger partial charge in [-0.2, -0.15) is 4.90 Å². The van der Waals surface area contributed by atoms with Gasteiger partial charge in [-0.15, -0.1) is 0 Å². The number of amides is 3. The number of urea groups is 1. The number of para-hydroxylation sites is 1. The lowest BCUT2D eigenvalue weighted by Crippen LogP contribution is -2.40. The summed E-state index contributed by atoms with van der Waals surface area (Å²) in [5, 5.41) is 0.906. The zero-order chi connectivity index (χ0) is 14.1. The van der Waals surface area contributed by atoms with Crippen molar-refractivity contribution < 1.29 is 14.0 Å². The van der Waals surface area contributed by atoms with E-state index in [9.17, 15) is 9.59 Å². The van der Waals surface area contributed by atoms with E-state index in [1.165, 1.54) is 4.90 Å². The molecule has 1 aliphatic carbocycles. The summed E-state index contributed by atoms with van der Waals surface area (Å²) in [7, 11) is 0. The highest BCUT2D eigenvalue weighted by molar-refractivity contribution is 6.21. The third-order valence-electron chi connectivity index (χ3n) is 5.10. The maximum Gasteiger partial charge on any atom is 0.334 e. The Bertz CT molecular complexity index is 720. The number of rotatable bonds is 1. The van der Waals surface area contributed by atoms with E-state index in [-0.39, 0.29) is 24.0 Å². The van der Waals surface area contributed by atoms with Crippen LogP contribution in [0.15, 0.2) is 34.7 Å². The van der Waals surface area contributed by atoms with Crippen molar-refractivity contribution in [3.8, 4) is 0 Å². The van der Waals surface area contributed by atoms with Crippen LogP contribution >= 0.6 is 0 Å². The molecule has 0 radical (unpaired) electrons. The van der Waals surface area contributed by atoms with Crippen LogP contribution in [0.25, 0.3) is 11.0 Å². The van der Waals surface area contributed by atoms with Crippen LogP contribution in [0, 0.1) is 5.92 Å². The molecule has 1 saturated carbocycles. The number of fused-ring (bicyclic) bond motifs is 6. The molecule has 2 saturated heterocycles. The molecule has 3 unspecified atom stereocenters. The van der Waals surface area contributed by atoms with Gasteiger partial charge in [0.2, 0.25) is 5.88 Å². The Hall–Kier alpha value is -2.30. The van der Waals surface area contributed by atoms with Crippen LogP contribution in [0.5, 0.6) is 0 Å². The number of nitrogens with zero attached hydrogens (tertiary/aromatic N) is 2. The first-order valence-corrected chi connectivity index (χ1v) is 7.39. The molecule has 3 aliphatic rings. The van der Waals surface area contributed by atoms with Crippen molar-refractivity contribution in [2.24, 2.45) is 5.92 Å². The number of imide groups is 1. The van der Waals surface area contributed by atoms with Crippen LogP contribution < -0.4 is 4.90 Å². The van der Waals surface area contributed by atoms with E-state index in [1.807, 2.05) is 24.3 Å². The molecule has 1 aromatic heterocycles. The van der Waals surface area contributed by atoms with Crippen molar-refractivity contribution in [2.75, 3.05) is 4.90 Å². The van der Waals surface area contributed by atoms with Gasteiger partial charge in [-0.3, -0.25) is 4.79 Å². The lowest BCUT2D eigenvalue weighted by molar-refractivity contribution is -0.120. The number of furan rings is 1. The summed E-state index contributed by atoms with van der Waals surface area (Å²) in [6, 6.07) is 9.09. The fourth-order valence-electron chi connectivity index (χ4n) is 4.20. The summed E-state index contributed by atoms with van der Waals surface area (Å²) < 4.78 is 5.71. The summed E-state index contributed by atoms with van der Waals surface area (Å²) in [5.41, 5.74) is 0.697. The Morgan fingerprint density at radius 2 is 2.00 bits per heavy atom. The van der Waals surface area contributed by atoms with Gasteiger partial charge in [0.1, 0.15) is 11.6 Å². The van der Waals surface area contributed by atoms with Crippen molar-refractivity contribution in [3.63, 3.8) is 0 Å². The topological polar surface area (TPSA) is 53.8 Å². The van der Waals surface area contributed by atoms with E-state index in [0.717, 1.165) is 24.6 Å². The monoisotopic (exact) mass is 282 g/mol. The zero-order valence-electron chi connectivity index (χ0n) is 11.4. The second-order valence-corrected chi connectivity index (χ2v) is 6.16. The van der Waals surface area contributed by atoms with Gasteiger partial charge >= 0.3 is 6.03 Å². The molecule has 2 aromatic rings. The smallest absolute Gasteiger partial charge is 0.334 e. The van der Waals surface area contributed by atoms with Crippen molar-refractivity contribution >= 4 is 28.8 Å². The molecule has 2 bridgehead atoms. The first kappa shape index (κ1) is 11.4. The summed E-state index contributed by atoms with van der Waals surface area (Å²) >= 11 is 0. The standard InChI is InChI=1S/C16H14N2O3/c19-15-14-10-5-6-11(7-10)17(14)16(20)18(15)13-8-9-3-1-2-4-12(9)21-13/h1-4,8,10-11,14H,5-7H2. The molecular weight excluding hydrogens is 268 g/mol. The lowest BCUT2D eigenvalue weighted by Gasteiger charge is -2.25. The average molecular weight is 282 g/mol. The van der Waals surface area contributed by atoms with Gasteiger partial charge in [0.15, 0.2) is 0 Å². The molecule has 5 rings (SSSR count). The normalized spacial score (nSPS) is 30.8. The van der Waals surface area contributed by atoms with Crippen molar-refractivity contribution in [2.45, 2.75) is 31.3 Å². The number of carbonyl (C=O) groups is 2. The molecule has 1 aromatic carbocycles. The van der Waals surface area contributed by atoms with E-state index in [2.05, 4.69) is 0 Å². The Labute approximate surface area is 121 Å². The molecule has 3 fully saturated rings. The minimum absolute atomic E-state index is 0.119. The molecule has 0 N–H and O–H groups in total. The Kier molecular flexibility index (Phi) is 1.98. The van der Waals surface area contributed by atoms with E-state index in [0.29, 0.717) is 17.4 Å². The van der Waals surface area contributed by atoms with E-state index in [4.69, 9.17) is 4.42 Å². The number of hydrogen-bond acceptors (Lipinski definition) is 3. The number of carbonyl (C=O) groups excluding carboxylic acids is 2. The Balaban J connectivity index is 1.60. The van der Waals surface area contributed by atoms with Crippen molar-refractivity contribution in [1.82, 2.24) is 4.90 Å². The van der Waals surface area contributed by atoms with Crippen LogP contribution in [0.4, 0.5) is 10.7 Å². The summed E-state index contributed by atoms with van der Waals surface area (Å²) in [6.45, 7) is 0. The minimum atomic E-state index is -0.260. The van der Waals surface area contributed by atoms with Crippen LogP contribution in [0.1, 0.15) is 19.3 Å². The second kappa shape index (κ2) is 3.67. The highest BCUT2D eigenvalue weighted by Crippen LogP contribution is 2.47. The van der Waals surface area contributed by atoms with Gasteiger partial charge in [0.05, 0.1) is 0 Å². The van der Waals surface area contributed by atoms with Crippen molar-refractivity contribution in [1.29, 1.82) is 0 Å². The maximum absolute atomic E-state index is 12.7. The van der Waals surface area contributed by atoms with Gasteiger partial charge in [0, 0.05) is 17.5 Å². The Morgan fingerprint density at radius 1 is 1.14 bits per heavy atom. The van der Waals surface area contributed by atoms with Crippen LogP contribution in [0.2, 0.25) is 0 Å². The molecule has 5 heteroatoms. The Morgan fingerprint density at radius 3 is 2.81 bits per heavy atom. The highest BCUT2D eigenvalue weighted by atomic mass is 16.4. The first-order chi connectivity index (χ1) is 10.2. The predicted molar refractivity (Wildman–Crippen MR) is 75.9 cm³/mol. The molecule has 106 valence electrons. The number of hydrogen-bond donors (Lipinski definition) is 0. The average Bonchev–Trinajstić information content (AvgIpc) is 3.21. The van der Waals surface area contributed by atoms with Gasteiger partial charge < -0.3 is 9.32 Å². The third kappa shape index (κ3) is 1.31. The second-order valence-electron chi connectivity index (χ2n) is 6.16. The van der Waals surface area contributed by atoms with Gasteiger partial charge in [0.25, 0.3) is 5.91 Å². The predicted octanol–water partition coefficient (Wildman–Crippen LogP) is 2.75. The minimum Gasteiger partial charge on any atom is -0.440 e. The third-order valence-corrected chi connectivity index (χ3v) is 5.10. The van der Waals surface area contributed by atoms with Gasteiger partial charge in [-0.1, -0.05) is 18.2 Å². The van der Waals surface area contributed by atoms with Crippen LogP contribution in [-0.2, 0) is 4.79 Å². The molecule has 3 atom stereocenters. The maximum atomic E-state index is 12.7. The zero-order valence-corrected chi connectivity index (χ0v) is 11.4. The van der Waals surface area contributed by atoms with Crippen molar-refractivity contribution in [3.05, 3.63) is 30.3 Å². The number of benzene rings is 1. The van der Waals surface area contributed by atoms with Gasteiger partial charge in [-0.05, 0) is 31.2 Å². The summed E-state index contributed by atoms with van der Waals surface area (Å²) in [5.74, 6) is 0.562. The highest BCUT2D eigenvalue weighted by Gasteiger charge is 2.59. The molecule has 3 heterocycles. The molecule has 3 amide bonds. The quantitative estimate of drug-likeness (QED) is 0.756. The van der Waals surface area contributed by atoms with E-state index >= 15 is 0 Å². The van der Waals surface area contributed by atoms with E-state index < -0.39 is 0 Å². The summed E-state index contributed by atoms with van der Waals surface area (Å²) in [4.78, 5) is 28.3. The fraction of sp³-hybridized carbons (Fsp3) is 0.375. The van der Waals surface area contributed by atoms with Crippen LogP contribution in [-0.4, -0.2) is 28.9 Å². The largest absolute Gasteiger partial charge is 0.440 e. The SMILES string of the molecule is O=C1C2C3CCC(C3)N2C(=O)N1c1cc2ccccc2o1. The summed E-state index contributed by atoms with van der Waals surface area (Å²) in [6.07, 6.45) is 3.06. The molecular formula is C16H14N2O3. The first-order valence-electron chi connectivity index (χ1n) is 7.39. The lowest BCUT2D eigenvalue weighted by atomic mass is 9.99. The van der Waals surface area contributed by atoms with Crippen LogP contribution in [0.3, 0.4) is 0 Å². The number of anilines is 1.